The number of nitrogens with one attached hydrogen (secondary N) is 5. The molecule has 7 N–H and O–H groups in total. The second kappa shape index (κ2) is 16.2. The predicted octanol–water partition coefficient (Wildman–Crippen LogP) is 3.69. The number of aromatic amines is 1. The van der Waals surface area contributed by atoms with E-state index in [1.165, 1.54) is 0 Å². The number of carbonyl (C=O) groups excluding carboxylic acids is 2. The fourth-order valence-electron chi connectivity index (χ4n) is 7.09. The first-order valence-electron chi connectivity index (χ1n) is 17.7. The molecule has 4 aromatic rings. The molecule has 1 aliphatic carbocycles. The summed E-state index contributed by atoms with van der Waals surface area (Å²) < 4.78 is 29.3. The molecule has 2 heterocycles. The summed E-state index contributed by atoms with van der Waals surface area (Å²) in [7, 11) is -3.66. The molecular formula is C37H47N9O4S. The normalized spacial score (nSPS) is 21.5. The van der Waals surface area contributed by atoms with Gasteiger partial charge in [0, 0.05) is 35.7 Å². The first-order valence-corrected chi connectivity index (χ1v) is 19.2. The summed E-state index contributed by atoms with van der Waals surface area (Å²) in [6, 6.07) is 19.5. The topological polar surface area (TPSA) is 197 Å². The van der Waals surface area contributed by atoms with Crippen LogP contribution in [0.4, 0.5) is 5.69 Å². The Hall–Kier alpha value is -4.50. The number of anilines is 1. The number of aryl methyl sites for hydroxylation is 1. The van der Waals surface area contributed by atoms with Crippen LogP contribution < -0.4 is 26.4 Å². The van der Waals surface area contributed by atoms with E-state index in [1.54, 1.807) is 36.4 Å². The summed E-state index contributed by atoms with van der Waals surface area (Å²) in [6.07, 6.45) is 5.10. The molecule has 2 aliphatic rings. The lowest BCUT2D eigenvalue weighted by atomic mass is 9.81. The molecule has 1 saturated heterocycles. The Kier molecular flexibility index (Phi) is 11.6. The van der Waals surface area contributed by atoms with Crippen molar-refractivity contribution in [3.8, 4) is 22.5 Å². The molecule has 51 heavy (non-hydrogen) atoms. The lowest BCUT2D eigenvalue weighted by molar-refractivity contribution is -0.130. The Balaban J connectivity index is 1.15. The smallest absolute Gasteiger partial charge is 0.247 e. The third kappa shape index (κ3) is 9.25. The highest BCUT2D eigenvalue weighted by atomic mass is 32.2. The second-order valence-corrected chi connectivity index (χ2v) is 15.6. The average molecular weight is 714 g/mol. The molecule has 270 valence electrons. The molecule has 3 aromatic carbocycles. The number of amides is 2. The van der Waals surface area contributed by atoms with Gasteiger partial charge in [-0.15, -0.1) is 10.2 Å². The number of nitrogens with zero attached hydrogens (tertiary/aromatic N) is 3. The van der Waals surface area contributed by atoms with Crippen LogP contribution in [0, 0.1) is 18.8 Å². The number of aromatic nitrogens is 4. The molecule has 0 spiro atoms. The average Bonchev–Trinajstić information content (AvgIpc) is 3.67. The third-order valence-corrected chi connectivity index (χ3v) is 11.6. The van der Waals surface area contributed by atoms with Crippen LogP contribution >= 0.6 is 0 Å². The molecule has 3 unspecified atom stereocenters. The summed E-state index contributed by atoms with van der Waals surface area (Å²) in [4.78, 5) is 27.4. The largest absolute Gasteiger partial charge is 0.344 e. The van der Waals surface area contributed by atoms with Gasteiger partial charge in [-0.25, -0.2) is 13.1 Å². The van der Waals surface area contributed by atoms with Crippen LogP contribution in [0.5, 0.6) is 0 Å². The standard InChI is InChI=1S/C37H47N9O4S/c1-23-19-32(51(49,50)44-31-17-18-39-24(2)20-31)15-16-33(23)27-7-3-25(4-8-27)21-34(41-36(47)29-9-5-26(22-38)6-10-29)37(48)40-30-13-11-28(12-14-30)35-42-45-46-43-35/h3-4,7-8,11-16,19,24,26,29,31,34,39,44H,5-6,9-10,17-18,20-22,38H2,1-2H3,(H,40,48)(H,41,47)(H,42,43,45,46). The van der Waals surface area contributed by atoms with Crippen molar-refractivity contribution in [1.29, 1.82) is 0 Å². The van der Waals surface area contributed by atoms with Crippen molar-refractivity contribution >= 4 is 27.5 Å². The van der Waals surface area contributed by atoms with Gasteiger partial charge in [0.25, 0.3) is 0 Å². The zero-order valence-electron chi connectivity index (χ0n) is 29.1. The maximum atomic E-state index is 13.7. The number of hydrogen-bond acceptors (Lipinski definition) is 9. The van der Waals surface area contributed by atoms with E-state index in [-0.39, 0.29) is 41.1 Å². The van der Waals surface area contributed by atoms with Gasteiger partial charge in [0.05, 0.1) is 4.90 Å². The van der Waals surface area contributed by atoms with Crippen molar-refractivity contribution in [2.24, 2.45) is 17.6 Å². The minimum Gasteiger partial charge on any atom is -0.344 e. The summed E-state index contributed by atoms with van der Waals surface area (Å²) >= 11 is 0. The highest BCUT2D eigenvalue weighted by Gasteiger charge is 2.30. The van der Waals surface area contributed by atoms with Crippen molar-refractivity contribution in [3.05, 3.63) is 77.9 Å². The summed E-state index contributed by atoms with van der Waals surface area (Å²) in [5.41, 5.74) is 10.7. The monoisotopic (exact) mass is 713 g/mol. The van der Waals surface area contributed by atoms with Crippen LogP contribution in [0.2, 0.25) is 0 Å². The molecule has 0 radical (unpaired) electrons. The highest BCUT2D eigenvalue weighted by molar-refractivity contribution is 7.89. The van der Waals surface area contributed by atoms with Crippen molar-refractivity contribution in [2.45, 2.75) is 81.8 Å². The molecule has 2 amide bonds. The SMILES string of the molecule is Cc1cc(S(=O)(=O)NC2CCNC(C)C2)ccc1-c1ccc(CC(NC(=O)C2CCC(CN)CC2)C(=O)Nc2ccc(-c3nn[nH]n3)cc2)cc1. The number of nitrogens with two attached hydrogens (primary N) is 1. The van der Waals surface area contributed by atoms with E-state index in [0.717, 1.165) is 72.9 Å². The highest BCUT2D eigenvalue weighted by Crippen LogP contribution is 2.29. The lowest BCUT2D eigenvalue weighted by Gasteiger charge is -2.28. The van der Waals surface area contributed by atoms with Crippen molar-refractivity contribution in [2.75, 3.05) is 18.4 Å². The van der Waals surface area contributed by atoms with Gasteiger partial charge >= 0.3 is 0 Å². The van der Waals surface area contributed by atoms with E-state index in [1.807, 2.05) is 37.3 Å². The zero-order chi connectivity index (χ0) is 36.0. The van der Waals surface area contributed by atoms with Crippen LogP contribution in [0.25, 0.3) is 22.5 Å². The molecule has 0 bridgehead atoms. The van der Waals surface area contributed by atoms with E-state index in [2.05, 4.69) is 48.2 Å². The van der Waals surface area contributed by atoms with E-state index >= 15 is 0 Å². The Morgan fingerprint density at radius 2 is 1.69 bits per heavy atom. The fraction of sp³-hybridized carbons (Fsp3) is 0.432. The first-order chi connectivity index (χ1) is 24.6. The number of rotatable bonds is 12. The Bertz CT molecular complexity index is 1890. The molecule has 14 heteroatoms. The Labute approximate surface area is 299 Å². The lowest BCUT2D eigenvalue weighted by Crippen LogP contribution is -2.48. The molecule has 2 fully saturated rings. The van der Waals surface area contributed by atoms with Crippen LogP contribution in [-0.4, -0.2) is 72.1 Å². The van der Waals surface area contributed by atoms with Crippen LogP contribution in [0.1, 0.15) is 56.6 Å². The Morgan fingerprint density at radius 1 is 0.961 bits per heavy atom. The van der Waals surface area contributed by atoms with Crippen molar-refractivity contribution < 1.29 is 18.0 Å². The number of carbonyl (C=O) groups is 2. The molecule has 1 aromatic heterocycles. The van der Waals surface area contributed by atoms with Crippen molar-refractivity contribution in [3.63, 3.8) is 0 Å². The predicted molar refractivity (Wildman–Crippen MR) is 196 cm³/mol. The minimum atomic E-state index is -3.66. The van der Waals surface area contributed by atoms with Gasteiger partial charge < -0.3 is 21.7 Å². The van der Waals surface area contributed by atoms with Crippen LogP contribution in [-0.2, 0) is 26.0 Å². The van der Waals surface area contributed by atoms with E-state index in [4.69, 9.17) is 5.73 Å². The van der Waals surface area contributed by atoms with Gasteiger partial charge in [0.15, 0.2) is 0 Å². The molecular weight excluding hydrogens is 667 g/mol. The third-order valence-electron chi connectivity index (χ3n) is 10.1. The number of piperidine rings is 1. The van der Waals surface area contributed by atoms with Gasteiger partial charge in [-0.05, 0) is 135 Å². The summed E-state index contributed by atoms with van der Waals surface area (Å²) in [5.74, 6) is 0.278. The van der Waals surface area contributed by atoms with Gasteiger partial charge in [-0.3, -0.25) is 9.59 Å². The summed E-state index contributed by atoms with van der Waals surface area (Å²) in [6.45, 7) is 5.37. The molecule has 3 atom stereocenters. The number of H-pyrrole nitrogens is 1. The van der Waals surface area contributed by atoms with Crippen molar-refractivity contribution in [1.82, 2.24) is 36.0 Å². The molecule has 1 saturated carbocycles. The van der Waals surface area contributed by atoms with E-state index in [0.29, 0.717) is 24.0 Å². The molecule has 6 rings (SSSR count). The van der Waals surface area contributed by atoms with Gasteiger partial charge in [-0.2, -0.15) is 5.21 Å². The number of hydrogen-bond donors (Lipinski definition) is 6. The van der Waals surface area contributed by atoms with Gasteiger partial charge in [0.1, 0.15) is 6.04 Å². The summed E-state index contributed by atoms with van der Waals surface area (Å²) in [5, 5.41) is 23.3. The van der Waals surface area contributed by atoms with Gasteiger partial charge in [-0.1, -0.05) is 30.3 Å². The zero-order valence-corrected chi connectivity index (χ0v) is 29.9. The number of sulfonamides is 1. The quantitative estimate of drug-likeness (QED) is 0.127. The maximum Gasteiger partial charge on any atom is 0.247 e. The number of benzene rings is 3. The van der Waals surface area contributed by atoms with Crippen LogP contribution in [0.15, 0.2) is 71.6 Å². The van der Waals surface area contributed by atoms with E-state index in [9.17, 15) is 18.0 Å². The fourth-order valence-corrected chi connectivity index (χ4v) is 8.45. The van der Waals surface area contributed by atoms with Gasteiger partial charge in [0.2, 0.25) is 27.7 Å². The molecule has 13 nitrogen and oxygen atoms in total. The Morgan fingerprint density at radius 3 is 2.33 bits per heavy atom. The number of tetrazole rings is 1. The first kappa shape index (κ1) is 36.3. The van der Waals surface area contributed by atoms with E-state index < -0.39 is 16.1 Å². The maximum absolute atomic E-state index is 13.7. The molecule has 1 aliphatic heterocycles. The second-order valence-electron chi connectivity index (χ2n) is 13.9. The van der Waals surface area contributed by atoms with Crippen LogP contribution in [0.3, 0.4) is 0 Å². The minimum absolute atomic E-state index is 0.0936.